The number of para-hydroxylation sites is 1. The van der Waals surface area contributed by atoms with Gasteiger partial charge in [0.15, 0.2) is 0 Å². The largest absolute Gasteiger partial charge is 0.481 e. The molecule has 0 radical (unpaired) electrons. The van der Waals surface area contributed by atoms with Crippen molar-refractivity contribution in [2.24, 2.45) is 11.3 Å². The number of hydrogen-bond acceptors (Lipinski definition) is 2. The van der Waals surface area contributed by atoms with Crippen LogP contribution in [-0.2, 0) is 9.59 Å². The number of carbonyl (C=O) groups excluding carboxylic acids is 1. The summed E-state index contributed by atoms with van der Waals surface area (Å²) in [5.41, 5.74) is -1.11. The second kappa shape index (κ2) is 5.82. The summed E-state index contributed by atoms with van der Waals surface area (Å²) in [6.45, 7) is 5.00. The Hall–Kier alpha value is -1.91. The first-order chi connectivity index (χ1) is 8.77. The fourth-order valence-corrected chi connectivity index (χ4v) is 1.62. The van der Waals surface area contributed by atoms with Gasteiger partial charge in [-0.1, -0.05) is 26.0 Å². The highest BCUT2D eigenvalue weighted by atomic mass is 19.1. The lowest BCUT2D eigenvalue weighted by molar-refractivity contribution is -0.153. The Morgan fingerprint density at radius 3 is 2.42 bits per heavy atom. The van der Waals surface area contributed by atoms with Gasteiger partial charge >= 0.3 is 5.97 Å². The van der Waals surface area contributed by atoms with Crippen LogP contribution < -0.4 is 5.32 Å². The molecular weight excluding hydrogens is 249 g/mol. The van der Waals surface area contributed by atoms with E-state index in [0.717, 1.165) is 0 Å². The Morgan fingerprint density at radius 1 is 1.37 bits per heavy atom. The number of hydrogen-bond donors (Lipinski definition) is 2. The van der Waals surface area contributed by atoms with Crippen LogP contribution in [0.25, 0.3) is 0 Å². The van der Waals surface area contributed by atoms with E-state index in [0.29, 0.717) is 0 Å². The van der Waals surface area contributed by atoms with E-state index in [9.17, 15) is 19.1 Å². The van der Waals surface area contributed by atoms with E-state index in [1.807, 2.05) is 0 Å². The van der Waals surface area contributed by atoms with Crippen molar-refractivity contribution in [2.45, 2.75) is 27.2 Å². The monoisotopic (exact) mass is 267 g/mol. The molecule has 0 spiro atoms. The van der Waals surface area contributed by atoms with Crippen molar-refractivity contribution in [3.05, 3.63) is 30.1 Å². The molecule has 0 aliphatic carbocycles. The van der Waals surface area contributed by atoms with Crippen molar-refractivity contribution in [3.63, 3.8) is 0 Å². The Morgan fingerprint density at radius 2 is 1.95 bits per heavy atom. The van der Waals surface area contributed by atoms with Gasteiger partial charge in [0, 0.05) is 6.42 Å². The van der Waals surface area contributed by atoms with Crippen LogP contribution in [0.5, 0.6) is 0 Å². The second-order valence-corrected chi connectivity index (χ2v) is 5.08. The Labute approximate surface area is 111 Å². The van der Waals surface area contributed by atoms with Crippen LogP contribution in [0, 0.1) is 17.2 Å². The smallest absolute Gasteiger partial charge is 0.310 e. The normalized spacial score (nSPS) is 13.9. The summed E-state index contributed by atoms with van der Waals surface area (Å²) in [5.74, 6) is -2.30. The Kier molecular flexibility index (Phi) is 4.64. The summed E-state index contributed by atoms with van der Waals surface area (Å²) >= 11 is 0. The van der Waals surface area contributed by atoms with Crippen molar-refractivity contribution < 1.29 is 19.1 Å². The summed E-state index contributed by atoms with van der Waals surface area (Å²) in [6.07, 6.45) is -0.200. The number of aliphatic carboxylic acids is 1. The van der Waals surface area contributed by atoms with Gasteiger partial charge in [0.1, 0.15) is 5.82 Å². The lowest BCUT2D eigenvalue weighted by Crippen LogP contribution is -2.37. The first kappa shape index (κ1) is 15.1. The molecule has 1 aromatic rings. The Bertz CT molecular complexity index is 487. The van der Waals surface area contributed by atoms with Gasteiger partial charge in [-0.3, -0.25) is 9.59 Å². The molecule has 0 aromatic heterocycles. The number of anilines is 1. The van der Waals surface area contributed by atoms with Crippen LogP contribution in [0.3, 0.4) is 0 Å². The zero-order valence-corrected chi connectivity index (χ0v) is 11.2. The molecular formula is C14H18FNO3. The predicted octanol–water partition coefficient (Wildman–Crippen LogP) is 2.90. The molecule has 0 bridgehead atoms. The summed E-state index contributed by atoms with van der Waals surface area (Å²) < 4.78 is 13.4. The van der Waals surface area contributed by atoms with Crippen LogP contribution in [0.15, 0.2) is 24.3 Å². The molecule has 4 nitrogen and oxygen atoms in total. The number of benzene rings is 1. The van der Waals surface area contributed by atoms with Gasteiger partial charge in [0.05, 0.1) is 11.1 Å². The number of rotatable bonds is 5. The molecule has 1 atom stereocenters. The maximum atomic E-state index is 13.4. The topological polar surface area (TPSA) is 66.4 Å². The molecule has 0 aliphatic heterocycles. The third kappa shape index (κ3) is 3.53. The SMILES string of the molecule is CC(C)C(C)(CC(=O)Nc1ccccc1F)C(=O)O. The molecule has 1 unspecified atom stereocenters. The van der Waals surface area contributed by atoms with Crippen LogP contribution in [-0.4, -0.2) is 17.0 Å². The number of carbonyl (C=O) groups is 2. The molecule has 1 rings (SSSR count). The van der Waals surface area contributed by atoms with E-state index in [2.05, 4.69) is 5.32 Å². The highest BCUT2D eigenvalue weighted by Gasteiger charge is 2.38. The molecule has 19 heavy (non-hydrogen) atoms. The highest BCUT2D eigenvalue weighted by molar-refractivity contribution is 5.94. The quantitative estimate of drug-likeness (QED) is 0.862. The summed E-state index contributed by atoms with van der Waals surface area (Å²) in [6, 6.07) is 5.77. The maximum absolute atomic E-state index is 13.4. The standard InChI is InChI=1S/C14H18FNO3/c1-9(2)14(3,13(18)19)8-12(17)16-11-7-5-4-6-10(11)15/h4-7,9H,8H2,1-3H3,(H,16,17)(H,18,19). The van der Waals surface area contributed by atoms with Crippen LogP contribution >= 0.6 is 0 Å². The van der Waals surface area contributed by atoms with E-state index < -0.39 is 23.1 Å². The number of halogens is 1. The maximum Gasteiger partial charge on any atom is 0.310 e. The molecule has 0 heterocycles. The van der Waals surface area contributed by atoms with E-state index >= 15 is 0 Å². The van der Waals surface area contributed by atoms with Crippen LogP contribution in [0.4, 0.5) is 10.1 Å². The van der Waals surface area contributed by atoms with Crippen molar-refractivity contribution in [2.75, 3.05) is 5.32 Å². The second-order valence-electron chi connectivity index (χ2n) is 5.08. The Balaban J connectivity index is 2.80. The van der Waals surface area contributed by atoms with E-state index in [-0.39, 0.29) is 18.0 Å². The summed E-state index contributed by atoms with van der Waals surface area (Å²) in [7, 11) is 0. The van der Waals surface area contributed by atoms with Gasteiger partial charge in [0.25, 0.3) is 0 Å². The summed E-state index contributed by atoms with van der Waals surface area (Å²) in [5, 5.41) is 11.6. The minimum absolute atomic E-state index is 0.0593. The fraction of sp³-hybridized carbons (Fsp3) is 0.429. The lowest BCUT2D eigenvalue weighted by Gasteiger charge is -2.28. The van der Waals surface area contributed by atoms with Gasteiger partial charge in [-0.25, -0.2) is 4.39 Å². The van der Waals surface area contributed by atoms with Gasteiger partial charge in [0.2, 0.25) is 5.91 Å². The molecule has 0 aliphatic rings. The molecule has 1 amide bonds. The average molecular weight is 267 g/mol. The zero-order chi connectivity index (χ0) is 14.6. The molecule has 5 heteroatoms. The highest BCUT2D eigenvalue weighted by Crippen LogP contribution is 2.31. The van der Waals surface area contributed by atoms with Crippen molar-refractivity contribution in [1.29, 1.82) is 0 Å². The van der Waals surface area contributed by atoms with Gasteiger partial charge < -0.3 is 10.4 Å². The lowest BCUT2D eigenvalue weighted by atomic mass is 9.76. The first-order valence-electron chi connectivity index (χ1n) is 6.05. The van der Waals surface area contributed by atoms with Crippen molar-refractivity contribution >= 4 is 17.6 Å². The molecule has 0 saturated heterocycles. The third-order valence-electron chi connectivity index (χ3n) is 3.44. The average Bonchev–Trinajstić information content (AvgIpc) is 2.31. The third-order valence-corrected chi connectivity index (χ3v) is 3.44. The molecule has 0 saturated carbocycles. The minimum atomic E-state index is -1.17. The number of carboxylic acid groups (broad SMARTS) is 1. The molecule has 0 fully saturated rings. The van der Waals surface area contributed by atoms with E-state index in [4.69, 9.17) is 0 Å². The summed E-state index contributed by atoms with van der Waals surface area (Å²) in [4.78, 5) is 23.1. The zero-order valence-electron chi connectivity index (χ0n) is 11.2. The van der Waals surface area contributed by atoms with Crippen molar-refractivity contribution in [1.82, 2.24) is 0 Å². The predicted molar refractivity (Wildman–Crippen MR) is 70.2 cm³/mol. The minimum Gasteiger partial charge on any atom is -0.481 e. The number of nitrogens with one attached hydrogen (secondary N) is 1. The fourth-order valence-electron chi connectivity index (χ4n) is 1.62. The first-order valence-corrected chi connectivity index (χ1v) is 6.05. The van der Waals surface area contributed by atoms with Crippen molar-refractivity contribution in [3.8, 4) is 0 Å². The molecule has 2 N–H and O–H groups in total. The molecule has 104 valence electrons. The van der Waals surface area contributed by atoms with Crippen LogP contribution in [0.2, 0.25) is 0 Å². The number of carboxylic acids is 1. The molecule has 1 aromatic carbocycles. The van der Waals surface area contributed by atoms with E-state index in [1.165, 1.54) is 25.1 Å². The number of amides is 1. The van der Waals surface area contributed by atoms with Gasteiger partial charge in [-0.15, -0.1) is 0 Å². The van der Waals surface area contributed by atoms with Crippen LogP contribution in [0.1, 0.15) is 27.2 Å². The van der Waals surface area contributed by atoms with Gasteiger partial charge in [-0.2, -0.15) is 0 Å². The van der Waals surface area contributed by atoms with Gasteiger partial charge in [-0.05, 0) is 25.0 Å². The van der Waals surface area contributed by atoms with E-state index in [1.54, 1.807) is 19.9 Å².